The van der Waals surface area contributed by atoms with Crippen LogP contribution in [0.1, 0.15) is 16.8 Å². The van der Waals surface area contributed by atoms with E-state index in [1.54, 1.807) is 10.7 Å². The first kappa shape index (κ1) is 16.5. The minimum atomic E-state index is -1.00. The predicted molar refractivity (Wildman–Crippen MR) is 95.2 cm³/mol. The fourth-order valence-corrected chi connectivity index (χ4v) is 2.38. The van der Waals surface area contributed by atoms with Gasteiger partial charge in [0.15, 0.2) is 0 Å². The zero-order chi connectivity index (χ0) is 17.5. The maximum Gasteiger partial charge on any atom is 0.328 e. The minimum Gasteiger partial charge on any atom is -0.478 e. The van der Waals surface area contributed by atoms with E-state index in [0.29, 0.717) is 24.7 Å². The highest BCUT2D eigenvalue weighted by Gasteiger charge is 2.08. The third-order valence-corrected chi connectivity index (χ3v) is 3.59. The minimum absolute atomic E-state index is 0.408. The van der Waals surface area contributed by atoms with Gasteiger partial charge >= 0.3 is 5.97 Å². The maximum atomic E-state index is 10.8. The molecule has 5 nitrogen and oxygen atoms in total. The highest BCUT2D eigenvalue weighted by Crippen LogP contribution is 2.17. The number of carbonyl (C=O) groups is 1. The molecule has 0 fully saturated rings. The van der Waals surface area contributed by atoms with Gasteiger partial charge in [-0.1, -0.05) is 60.7 Å². The Morgan fingerprint density at radius 3 is 2.32 bits per heavy atom. The Hall–Kier alpha value is -3.34. The number of carboxylic acid groups (broad SMARTS) is 1. The Kier molecular flexibility index (Phi) is 5.26. The number of carboxylic acids is 1. The molecule has 0 spiro atoms. The van der Waals surface area contributed by atoms with Crippen LogP contribution in [0.5, 0.6) is 5.88 Å². The van der Waals surface area contributed by atoms with Crippen LogP contribution in [0.25, 0.3) is 6.08 Å². The van der Waals surface area contributed by atoms with Crippen LogP contribution in [0.2, 0.25) is 0 Å². The van der Waals surface area contributed by atoms with Crippen LogP contribution in [-0.4, -0.2) is 20.9 Å². The van der Waals surface area contributed by atoms with E-state index < -0.39 is 5.97 Å². The van der Waals surface area contributed by atoms with Gasteiger partial charge in [-0.3, -0.25) is 4.68 Å². The molecule has 1 aromatic heterocycles. The van der Waals surface area contributed by atoms with Crippen LogP contribution in [0, 0.1) is 0 Å². The van der Waals surface area contributed by atoms with Crippen molar-refractivity contribution in [2.75, 3.05) is 0 Å². The molecule has 2 aromatic carbocycles. The summed E-state index contributed by atoms with van der Waals surface area (Å²) in [6, 6.07) is 21.4. The SMILES string of the molecule is O=C(O)C=Cc1cc(OCc2ccccc2)nn1Cc1ccccc1. The quantitative estimate of drug-likeness (QED) is 0.671. The van der Waals surface area contributed by atoms with Gasteiger partial charge in [-0.05, 0) is 17.2 Å². The lowest BCUT2D eigenvalue weighted by molar-refractivity contribution is -0.131. The first-order valence-electron chi connectivity index (χ1n) is 7.90. The normalized spacial score (nSPS) is 10.9. The van der Waals surface area contributed by atoms with Crippen molar-refractivity contribution in [3.05, 3.63) is 89.6 Å². The number of ether oxygens (including phenoxy) is 1. The standard InChI is InChI=1S/C20H18N2O3/c23-20(24)12-11-18-13-19(25-15-17-9-5-2-6-10-17)21-22(18)14-16-7-3-1-4-8-16/h1-13H,14-15H2,(H,23,24). The maximum absolute atomic E-state index is 10.8. The van der Waals surface area contributed by atoms with E-state index in [2.05, 4.69) is 5.10 Å². The number of rotatable bonds is 7. The zero-order valence-corrected chi connectivity index (χ0v) is 13.6. The van der Waals surface area contributed by atoms with Crippen molar-refractivity contribution in [1.82, 2.24) is 9.78 Å². The molecule has 0 saturated heterocycles. The summed E-state index contributed by atoms with van der Waals surface area (Å²) in [7, 11) is 0. The van der Waals surface area contributed by atoms with Crippen LogP contribution in [0.4, 0.5) is 0 Å². The van der Waals surface area contributed by atoms with Gasteiger partial charge in [0, 0.05) is 12.1 Å². The zero-order valence-electron chi connectivity index (χ0n) is 13.6. The Bertz CT molecular complexity index is 855. The van der Waals surface area contributed by atoms with Gasteiger partial charge in [0.1, 0.15) is 6.61 Å². The second kappa shape index (κ2) is 7.97. The lowest BCUT2D eigenvalue weighted by atomic mass is 10.2. The second-order valence-corrected chi connectivity index (χ2v) is 5.50. The van der Waals surface area contributed by atoms with Crippen molar-refractivity contribution >= 4 is 12.0 Å². The molecule has 5 heteroatoms. The number of aromatic nitrogens is 2. The molecule has 0 aliphatic rings. The summed E-state index contributed by atoms with van der Waals surface area (Å²) >= 11 is 0. The average molecular weight is 334 g/mol. The molecule has 0 bridgehead atoms. The van der Waals surface area contributed by atoms with E-state index in [0.717, 1.165) is 17.2 Å². The summed E-state index contributed by atoms with van der Waals surface area (Å²) in [6.07, 6.45) is 2.62. The van der Waals surface area contributed by atoms with E-state index in [9.17, 15) is 4.79 Å². The van der Waals surface area contributed by atoms with E-state index in [1.807, 2.05) is 60.7 Å². The topological polar surface area (TPSA) is 64.3 Å². The van der Waals surface area contributed by atoms with E-state index in [4.69, 9.17) is 9.84 Å². The molecule has 25 heavy (non-hydrogen) atoms. The van der Waals surface area contributed by atoms with Crippen molar-refractivity contribution in [3.63, 3.8) is 0 Å². The molecule has 3 rings (SSSR count). The summed E-state index contributed by atoms with van der Waals surface area (Å²) in [5.74, 6) is -0.538. The lowest BCUT2D eigenvalue weighted by Gasteiger charge is -2.05. The van der Waals surface area contributed by atoms with Crippen LogP contribution >= 0.6 is 0 Å². The van der Waals surface area contributed by atoms with E-state index >= 15 is 0 Å². The third-order valence-electron chi connectivity index (χ3n) is 3.59. The molecular weight excluding hydrogens is 316 g/mol. The molecule has 3 aromatic rings. The Labute approximate surface area is 145 Å². The molecule has 0 atom stereocenters. The third kappa shape index (κ3) is 4.81. The molecule has 0 aliphatic heterocycles. The summed E-state index contributed by atoms with van der Waals surface area (Å²) in [5.41, 5.74) is 2.79. The van der Waals surface area contributed by atoms with Crippen molar-refractivity contribution in [3.8, 4) is 5.88 Å². The lowest BCUT2D eigenvalue weighted by Crippen LogP contribution is -2.04. The fourth-order valence-electron chi connectivity index (χ4n) is 2.38. The van der Waals surface area contributed by atoms with Crippen LogP contribution < -0.4 is 4.74 Å². The first-order chi connectivity index (χ1) is 12.2. The molecular formula is C20H18N2O3. The molecule has 126 valence electrons. The van der Waals surface area contributed by atoms with Crippen LogP contribution in [-0.2, 0) is 17.9 Å². The van der Waals surface area contributed by atoms with E-state index in [1.165, 1.54) is 6.08 Å². The van der Waals surface area contributed by atoms with E-state index in [-0.39, 0.29) is 0 Å². The molecule has 0 amide bonds. The predicted octanol–water partition coefficient (Wildman–Crippen LogP) is 3.61. The summed E-state index contributed by atoms with van der Waals surface area (Å²) in [4.78, 5) is 10.8. The number of hydrogen-bond donors (Lipinski definition) is 1. The molecule has 0 unspecified atom stereocenters. The van der Waals surface area contributed by atoms with Crippen molar-refractivity contribution in [2.24, 2.45) is 0 Å². The Morgan fingerprint density at radius 1 is 1.04 bits per heavy atom. The Morgan fingerprint density at radius 2 is 1.68 bits per heavy atom. The molecule has 0 radical (unpaired) electrons. The fraction of sp³-hybridized carbons (Fsp3) is 0.100. The second-order valence-electron chi connectivity index (χ2n) is 5.50. The van der Waals surface area contributed by atoms with Gasteiger partial charge in [0.25, 0.3) is 0 Å². The van der Waals surface area contributed by atoms with Gasteiger partial charge in [-0.25, -0.2) is 4.79 Å². The molecule has 1 N–H and O–H groups in total. The number of nitrogens with zero attached hydrogens (tertiary/aromatic N) is 2. The van der Waals surface area contributed by atoms with Gasteiger partial charge in [0.2, 0.25) is 5.88 Å². The van der Waals surface area contributed by atoms with Crippen molar-refractivity contribution < 1.29 is 14.6 Å². The summed E-state index contributed by atoms with van der Waals surface area (Å²) in [6.45, 7) is 0.945. The van der Waals surface area contributed by atoms with Crippen LogP contribution in [0.3, 0.4) is 0 Å². The van der Waals surface area contributed by atoms with Gasteiger partial charge in [-0.15, -0.1) is 5.10 Å². The molecule has 0 aliphatic carbocycles. The number of benzene rings is 2. The van der Waals surface area contributed by atoms with Crippen molar-refractivity contribution in [1.29, 1.82) is 0 Å². The van der Waals surface area contributed by atoms with Gasteiger partial charge in [0.05, 0.1) is 12.2 Å². The molecule has 0 saturated carbocycles. The Balaban J connectivity index is 1.79. The van der Waals surface area contributed by atoms with Gasteiger partial charge in [-0.2, -0.15) is 0 Å². The number of aliphatic carboxylic acids is 1. The summed E-state index contributed by atoms with van der Waals surface area (Å²) in [5, 5.41) is 13.3. The molecule has 1 heterocycles. The average Bonchev–Trinajstić information content (AvgIpc) is 3.02. The van der Waals surface area contributed by atoms with Crippen molar-refractivity contribution in [2.45, 2.75) is 13.2 Å². The highest BCUT2D eigenvalue weighted by molar-refractivity contribution is 5.85. The van der Waals surface area contributed by atoms with Gasteiger partial charge < -0.3 is 9.84 Å². The van der Waals surface area contributed by atoms with Crippen LogP contribution in [0.15, 0.2) is 72.8 Å². The first-order valence-corrected chi connectivity index (χ1v) is 7.90. The number of hydrogen-bond acceptors (Lipinski definition) is 3. The highest BCUT2D eigenvalue weighted by atomic mass is 16.5. The summed E-state index contributed by atoms with van der Waals surface area (Å²) < 4.78 is 7.48. The smallest absolute Gasteiger partial charge is 0.328 e. The monoisotopic (exact) mass is 334 g/mol. The largest absolute Gasteiger partial charge is 0.478 e.